The molecule has 0 radical (unpaired) electrons. The topological polar surface area (TPSA) is 106 Å². The minimum Gasteiger partial charge on any atom is -0.496 e. The van der Waals surface area contributed by atoms with Gasteiger partial charge in [0, 0.05) is 37.3 Å². The van der Waals surface area contributed by atoms with Crippen molar-refractivity contribution in [3.05, 3.63) is 47.0 Å². The molecule has 34 heavy (non-hydrogen) atoms. The molecule has 0 aliphatic carbocycles. The normalized spacial score (nSPS) is 18.8. The van der Waals surface area contributed by atoms with Crippen molar-refractivity contribution in [1.29, 1.82) is 0 Å². The third kappa shape index (κ3) is 4.33. The Bertz CT molecular complexity index is 1180. The highest BCUT2D eigenvalue weighted by molar-refractivity contribution is 7.89. The van der Waals surface area contributed by atoms with E-state index in [1.807, 2.05) is 4.90 Å². The number of benzene rings is 2. The van der Waals surface area contributed by atoms with Crippen LogP contribution in [0.1, 0.15) is 46.9 Å². The number of carbonyl (C=O) groups excluding carboxylic acids is 1. The van der Waals surface area contributed by atoms with E-state index in [4.69, 9.17) is 14.2 Å². The van der Waals surface area contributed by atoms with E-state index >= 15 is 0 Å². The Morgan fingerprint density at radius 1 is 1.00 bits per heavy atom. The first kappa shape index (κ1) is 24.3. The number of rotatable bonds is 6. The van der Waals surface area contributed by atoms with Gasteiger partial charge in [0.25, 0.3) is 0 Å². The van der Waals surface area contributed by atoms with E-state index in [2.05, 4.69) is 0 Å². The molecule has 2 aliphatic heterocycles. The first-order valence-electron chi connectivity index (χ1n) is 11.2. The maximum Gasteiger partial charge on any atom is 0.340 e. The molecular weight excluding hydrogens is 460 g/mol. The standard InChI is InChI=1S/C24H30N2O7S/c1-31-21-9-10-22(32-2)23-18(21)14-25(15-20(23)27)19-8-7-16(13-17(19)24(28)33-3)34(29,30)26-11-5-4-6-12-26/h7-10,13,20,27H,4-6,11-12,14-15H2,1-3H3. The van der Waals surface area contributed by atoms with Crippen LogP contribution >= 0.6 is 0 Å². The van der Waals surface area contributed by atoms with Crippen LogP contribution in [0.25, 0.3) is 0 Å². The van der Waals surface area contributed by atoms with Crippen molar-refractivity contribution in [3.63, 3.8) is 0 Å². The fourth-order valence-electron chi connectivity index (χ4n) is 4.74. The Morgan fingerprint density at radius 3 is 2.32 bits per heavy atom. The highest BCUT2D eigenvalue weighted by atomic mass is 32.2. The minimum atomic E-state index is -3.73. The summed E-state index contributed by atoms with van der Waals surface area (Å²) < 4.78 is 43.8. The van der Waals surface area contributed by atoms with E-state index in [1.54, 1.807) is 25.3 Å². The van der Waals surface area contributed by atoms with Crippen LogP contribution in [0.3, 0.4) is 0 Å². The van der Waals surface area contributed by atoms with Crippen LogP contribution in [0.5, 0.6) is 11.5 Å². The lowest BCUT2D eigenvalue weighted by molar-refractivity contribution is 0.0600. The average Bonchev–Trinajstić information content (AvgIpc) is 2.87. The van der Waals surface area contributed by atoms with Crippen molar-refractivity contribution < 1.29 is 32.5 Å². The fourth-order valence-corrected chi connectivity index (χ4v) is 6.28. The Labute approximate surface area is 199 Å². The number of nitrogens with zero attached hydrogens (tertiary/aromatic N) is 2. The lowest BCUT2D eigenvalue weighted by Gasteiger charge is -2.36. The van der Waals surface area contributed by atoms with Gasteiger partial charge < -0.3 is 24.2 Å². The largest absolute Gasteiger partial charge is 0.496 e. The molecule has 0 amide bonds. The number of hydrogen-bond acceptors (Lipinski definition) is 8. The molecule has 1 N–H and O–H groups in total. The van der Waals surface area contributed by atoms with Crippen molar-refractivity contribution in [3.8, 4) is 11.5 Å². The summed E-state index contributed by atoms with van der Waals surface area (Å²) in [6, 6.07) is 8.00. The van der Waals surface area contributed by atoms with Crippen LogP contribution < -0.4 is 14.4 Å². The molecule has 1 unspecified atom stereocenters. The van der Waals surface area contributed by atoms with Gasteiger partial charge in [-0.15, -0.1) is 0 Å². The number of methoxy groups -OCH3 is 3. The molecule has 0 spiro atoms. The summed E-state index contributed by atoms with van der Waals surface area (Å²) in [5.74, 6) is 0.492. The van der Waals surface area contributed by atoms with Gasteiger partial charge in [0.05, 0.1) is 37.5 Å². The van der Waals surface area contributed by atoms with Crippen LogP contribution in [0.2, 0.25) is 0 Å². The highest BCUT2D eigenvalue weighted by Gasteiger charge is 2.33. The maximum absolute atomic E-state index is 13.2. The number of sulfonamides is 1. The maximum atomic E-state index is 13.2. The van der Waals surface area contributed by atoms with Gasteiger partial charge in [-0.2, -0.15) is 4.31 Å². The van der Waals surface area contributed by atoms with Gasteiger partial charge in [-0.25, -0.2) is 13.2 Å². The Hall–Kier alpha value is -2.82. The number of ether oxygens (including phenoxy) is 3. The molecule has 0 saturated carbocycles. The molecule has 184 valence electrons. The molecule has 0 aromatic heterocycles. The second-order valence-electron chi connectivity index (χ2n) is 8.39. The van der Waals surface area contributed by atoms with E-state index in [9.17, 15) is 18.3 Å². The van der Waals surface area contributed by atoms with E-state index < -0.39 is 22.1 Å². The first-order valence-corrected chi connectivity index (χ1v) is 12.6. The number of carbonyl (C=O) groups is 1. The molecular formula is C24H30N2O7S. The molecule has 1 saturated heterocycles. The third-order valence-corrected chi connectivity index (χ3v) is 8.35. The predicted molar refractivity (Wildman–Crippen MR) is 126 cm³/mol. The number of aliphatic hydroxyl groups excluding tert-OH is 1. The van der Waals surface area contributed by atoms with Gasteiger partial charge in [-0.05, 0) is 43.2 Å². The summed E-state index contributed by atoms with van der Waals surface area (Å²) >= 11 is 0. The number of hydrogen-bond donors (Lipinski definition) is 1. The molecule has 9 nitrogen and oxygen atoms in total. The summed E-state index contributed by atoms with van der Waals surface area (Å²) in [7, 11) is 0.613. The monoisotopic (exact) mass is 490 g/mol. The van der Waals surface area contributed by atoms with Gasteiger partial charge in [0.15, 0.2) is 0 Å². The summed E-state index contributed by atoms with van der Waals surface area (Å²) in [6.45, 7) is 1.44. The molecule has 2 aromatic rings. The van der Waals surface area contributed by atoms with Crippen LogP contribution in [0.15, 0.2) is 35.2 Å². The smallest absolute Gasteiger partial charge is 0.340 e. The lowest BCUT2D eigenvalue weighted by atomic mass is 9.94. The van der Waals surface area contributed by atoms with Gasteiger partial charge in [-0.3, -0.25) is 0 Å². The first-order chi connectivity index (χ1) is 16.3. The number of piperidine rings is 1. The molecule has 10 heteroatoms. The van der Waals surface area contributed by atoms with Crippen LogP contribution in [-0.4, -0.2) is 64.8 Å². The van der Waals surface area contributed by atoms with Gasteiger partial charge >= 0.3 is 5.97 Å². The van der Waals surface area contributed by atoms with Crippen molar-refractivity contribution in [2.24, 2.45) is 0 Å². The van der Waals surface area contributed by atoms with Crippen molar-refractivity contribution in [2.75, 3.05) is 45.9 Å². The highest BCUT2D eigenvalue weighted by Crippen LogP contribution is 2.41. The summed E-state index contributed by atoms with van der Waals surface area (Å²) in [6.07, 6.45) is 1.73. The Kier molecular flexibility index (Phi) is 7.01. The predicted octanol–water partition coefficient (Wildman–Crippen LogP) is 2.72. The van der Waals surface area contributed by atoms with E-state index in [1.165, 1.54) is 30.7 Å². The lowest BCUT2D eigenvalue weighted by Crippen LogP contribution is -2.36. The van der Waals surface area contributed by atoms with Crippen molar-refractivity contribution in [2.45, 2.75) is 36.8 Å². The summed E-state index contributed by atoms with van der Waals surface area (Å²) in [4.78, 5) is 14.6. The number of fused-ring (bicyclic) bond motifs is 1. The van der Waals surface area contributed by atoms with E-state index in [0.717, 1.165) is 24.8 Å². The zero-order valence-electron chi connectivity index (χ0n) is 19.6. The van der Waals surface area contributed by atoms with Crippen LogP contribution in [0.4, 0.5) is 5.69 Å². The number of aliphatic hydroxyl groups is 1. The molecule has 4 rings (SSSR count). The van der Waals surface area contributed by atoms with Gasteiger partial charge in [-0.1, -0.05) is 6.42 Å². The zero-order valence-corrected chi connectivity index (χ0v) is 20.4. The van der Waals surface area contributed by atoms with E-state index in [0.29, 0.717) is 42.4 Å². The summed E-state index contributed by atoms with van der Waals surface area (Å²) in [5.41, 5.74) is 1.97. The number of anilines is 1. The molecule has 2 aromatic carbocycles. The van der Waals surface area contributed by atoms with Crippen molar-refractivity contribution >= 4 is 21.7 Å². The zero-order chi connectivity index (χ0) is 24.5. The van der Waals surface area contributed by atoms with Gasteiger partial charge in [0.2, 0.25) is 10.0 Å². The number of esters is 1. The second-order valence-corrected chi connectivity index (χ2v) is 10.3. The molecule has 2 heterocycles. The van der Waals surface area contributed by atoms with Crippen molar-refractivity contribution in [1.82, 2.24) is 4.31 Å². The summed E-state index contributed by atoms with van der Waals surface area (Å²) in [5, 5.41) is 11.0. The number of β-amino-alcohol motifs (C(OH)–C–C–N with tert-alkyl or cyclic N) is 1. The Balaban J connectivity index is 1.76. The van der Waals surface area contributed by atoms with Crippen LogP contribution in [-0.2, 0) is 21.3 Å². The SMILES string of the molecule is COC(=O)c1cc(S(=O)(=O)N2CCCCC2)ccc1N1Cc2c(OC)ccc(OC)c2C(O)C1. The Morgan fingerprint density at radius 2 is 1.68 bits per heavy atom. The average molecular weight is 491 g/mol. The molecule has 0 bridgehead atoms. The molecule has 1 atom stereocenters. The molecule has 2 aliphatic rings. The molecule has 1 fully saturated rings. The van der Waals surface area contributed by atoms with Gasteiger partial charge in [0.1, 0.15) is 17.6 Å². The fraction of sp³-hybridized carbons (Fsp3) is 0.458. The quantitative estimate of drug-likeness (QED) is 0.617. The third-order valence-electron chi connectivity index (χ3n) is 6.46. The minimum absolute atomic E-state index is 0.0516. The van der Waals surface area contributed by atoms with Crippen LogP contribution in [0, 0.1) is 0 Å². The second kappa shape index (κ2) is 9.81. The van der Waals surface area contributed by atoms with E-state index in [-0.39, 0.29) is 17.0 Å².